The number of rotatable bonds is 1. The van der Waals surface area contributed by atoms with Crippen molar-refractivity contribution in [2.75, 3.05) is 0 Å². The summed E-state index contributed by atoms with van der Waals surface area (Å²) in [4.78, 5) is 0. The molecule has 0 atom stereocenters. The van der Waals surface area contributed by atoms with Gasteiger partial charge in [0.15, 0.2) is 0 Å². The van der Waals surface area contributed by atoms with Gasteiger partial charge in [0.2, 0.25) is 0 Å². The summed E-state index contributed by atoms with van der Waals surface area (Å²) in [7, 11) is 0. The molecule has 0 rings (SSSR count). The summed E-state index contributed by atoms with van der Waals surface area (Å²) in [5.74, 6) is -0.294. The summed E-state index contributed by atoms with van der Waals surface area (Å²) >= 11 is 5.33. The normalized spacial score (nSPS) is 14.5. The summed E-state index contributed by atoms with van der Waals surface area (Å²) in [6.07, 6.45) is 2.62. The molecule has 0 aliphatic heterocycles. The molecule has 0 aliphatic carbocycles. The standard InChI is InChI=1S/C6H8ClF/c1-3-6(8)4-5(2)7/h3-4H,1-2H3/b5-4+,6-3+. The van der Waals surface area contributed by atoms with Crippen LogP contribution in [0.1, 0.15) is 13.8 Å². The number of hydrogen-bond donors (Lipinski definition) is 0. The van der Waals surface area contributed by atoms with Crippen LogP contribution >= 0.6 is 11.6 Å². The first-order valence-electron chi connectivity index (χ1n) is 2.32. The lowest BCUT2D eigenvalue weighted by Crippen LogP contribution is -1.62. The summed E-state index contributed by atoms with van der Waals surface area (Å²) in [5, 5.41) is 0.459. The van der Waals surface area contributed by atoms with E-state index in [-0.39, 0.29) is 5.83 Å². The summed E-state index contributed by atoms with van der Waals surface area (Å²) < 4.78 is 12.1. The Kier molecular flexibility index (Phi) is 3.53. The van der Waals surface area contributed by atoms with Crippen LogP contribution in [0.5, 0.6) is 0 Å². The van der Waals surface area contributed by atoms with Gasteiger partial charge in [-0.15, -0.1) is 0 Å². The Morgan fingerprint density at radius 2 is 2.12 bits per heavy atom. The van der Waals surface area contributed by atoms with Crippen LogP contribution in [-0.2, 0) is 0 Å². The second kappa shape index (κ2) is 3.67. The molecule has 0 fully saturated rings. The molecule has 0 unspecified atom stereocenters. The lowest BCUT2D eigenvalue weighted by molar-refractivity contribution is 0.664. The Labute approximate surface area is 53.7 Å². The first-order valence-corrected chi connectivity index (χ1v) is 2.70. The molecule has 0 N–H and O–H groups in total. The fourth-order valence-corrected chi connectivity index (χ4v) is 0.378. The average molecular weight is 135 g/mol. The minimum absolute atomic E-state index is 0.294. The van der Waals surface area contributed by atoms with Crippen LogP contribution in [0, 0.1) is 0 Å². The van der Waals surface area contributed by atoms with Gasteiger partial charge >= 0.3 is 0 Å². The topological polar surface area (TPSA) is 0 Å². The van der Waals surface area contributed by atoms with Gasteiger partial charge in [0.05, 0.1) is 0 Å². The van der Waals surface area contributed by atoms with Crippen LogP contribution in [0.3, 0.4) is 0 Å². The third-order valence-corrected chi connectivity index (χ3v) is 0.722. The predicted octanol–water partition coefficient (Wildman–Crippen LogP) is 3.00. The van der Waals surface area contributed by atoms with Crippen LogP contribution in [0.2, 0.25) is 0 Å². The van der Waals surface area contributed by atoms with E-state index < -0.39 is 0 Å². The molecule has 0 bridgehead atoms. The van der Waals surface area contributed by atoms with E-state index in [1.165, 1.54) is 12.2 Å². The van der Waals surface area contributed by atoms with Gasteiger partial charge in [-0.05, 0) is 19.9 Å². The van der Waals surface area contributed by atoms with E-state index in [2.05, 4.69) is 0 Å². The molecule has 0 spiro atoms. The van der Waals surface area contributed by atoms with Crippen molar-refractivity contribution in [1.29, 1.82) is 0 Å². The molecule has 0 radical (unpaired) electrons. The van der Waals surface area contributed by atoms with E-state index in [0.29, 0.717) is 5.03 Å². The highest BCUT2D eigenvalue weighted by atomic mass is 35.5. The Morgan fingerprint density at radius 1 is 1.62 bits per heavy atom. The van der Waals surface area contributed by atoms with Crippen molar-refractivity contribution < 1.29 is 4.39 Å². The van der Waals surface area contributed by atoms with Gasteiger partial charge in [0.25, 0.3) is 0 Å². The highest BCUT2D eigenvalue weighted by Crippen LogP contribution is 2.05. The molecule has 0 heterocycles. The Hall–Kier alpha value is -0.300. The lowest BCUT2D eigenvalue weighted by atomic mass is 10.4. The van der Waals surface area contributed by atoms with Gasteiger partial charge in [-0.3, -0.25) is 0 Å². The maximum absolute atomic E-state index is 12.1. The van der Waals surface area contributed by atoms with Crippen molar-refractivity contribution in [3.8, 4) is 0 Å². The van der Waals surface area contributed by atoms with Crippen molar-refractivity contribution in [3.63, 3.8) is 0 Å². The van der Waals surface area contributed by atoms with Crippen molar-refractivity contribution in [2.24, 2.45) is 0 Å². The van der Waals surface area contributed by atoms with Crippen LogP contribution in [-0.4, -0.2) is 0 Å². The second-order valence-electron chi connectivity index (χ2n) is 1.40. The molecule has 0 saturated heterocycles. The smallest absolute Gasteiger partial charge is 0.120 e. The SMILES string of the molecule is C/C=C(F)\C=C(/C)Cl. The van der Waals surface area contributed by atoms with Crippen molar-refractivity contribution in [1.82, 2.24) is 0 Å². The second-order valence-corrected chi connectivity index (χ2v) is 2.00. The van der Waals surface area contributed by atoms with E-state index >= 15 is 0 Å². The fraction of sp³-hybridized carbons (Fsp3) is 0.333. The number of hydrogen-bond acceptors (Lipinski definition) is 0. The van der Waals surface area contributed by atoms with Crippen LogP contribution in [0.4, 0.5) is 4.39 Å². The third kappa shape index (κ3) is 3.88. The highest BCUT2D eigenvalue weighted by molar-refractivity contribution is 6.29. The van der Waals surface area contributed by atoms with Gasteiger partial charge in [0.1, 0.15) is 5.83 Å². The van der Waals surface area contributed by atoms with Crippen LogP contribution < -0.4 is 0 Å². The van der Waals surface area contributed by atoms with Crippen molar-refractivity contribution in [2.45, 2.75) is 13.8 Å². The van der Waals surface area contributed by atoms with Gasteiger partial charge in [-0.25, -0.2) is 4.39 Å². The Balaban J connectivity index is 3.89. The molecular formula is C6H8ClF. The first kappa shape index (κ1) is 7.70. The molecule has 0 aromatic rings. The average Bonchev–Trinajstić information content (AvgIpc) is 1.65. The van der Waals surface area contributed by atoms with Gasteiger partial charge < -0.3 is 0 Å². The minimum Gasteiger partial charge on any atom is -0.207 e. The maximum atomic E-state index is 12.1. The molecule has 46 valence electrons. The molecule has 0 aromatic heterocycles. The summed E-state index contributed by atoms with van der Waals surface area (Å²) in [5.41, 5.74) is 0. The minimum atomic E-state index is -0.294. The predicted molar refractivity (Wildman–Crippen MR) is 34.5 cm³/mol. The summed E-state index contributed by atoms with van der Waals surface area (Å²) in [6.45, 7) is 3.25. The Bertz CT molecular complexity index is 120. The molecule has 0 aromatic carbocycles. The largest absolute Gasteiger partial charge is 0.207 e. The zero-order valence-corrected chi connectivity index (χ0v) is 5.67. The number of allylic oxidation sites excluding steroid dienone is 4. The van der Waals surface area contributed by atoms with E-state index in [1.807, 2.05) is 0 Å². The van der Waals surface area contributed by atoms with Crippen LogP contribution in [0.25, 0.3) is 0 Å². The van der Waals surface area contributed by atoms with Crippen molar-refractivity contribution in [3.05, 3.63) is 23.0 Å². The quantitative estimate of drug-likeness (QED) is 0.484. The molecule has 2 heteroatoms. The van der Waals surface area contributed by atoms with Gasteiger partial charge in [0, 0.05) is 5.03 Å². The van der Waals surface area contributed by atoms with Crippen LogP contribution in [0.15, 0.2) is 23.0 Å². The zero-order valence-electron chi connectivity index (χ0n) is 4.91. The summed E-state index contributed by atoms with van der Waals surface area (Å²) in [6, 6.07) is 0. The lowest BCUT2D eigenvalue weighted by Gasteiger charge is -1.82. The van der Waals surface area contributed by atoms with E-state index in [0.717, 1.165) is 0 Å². The van der Waals surface area contributed by atoms with Gasteiger partial charge in [-0.2, -0.15) is 0 Å². The first-order chi connectivity index (χ1) is 3.66. The molecular weight excluding hydrogens is 127 g/mol. The van der Waals surface area contributed by atoms with E-state index in [9.17, 15) is 4.39 Å². The molecule has 0 aliphatic rings. The fourth-order valence-electron chi connectivity index (χ4n) is 0.273. The third-order valence-electron chi connectivity index (χ3n) is 0.613. The highest BCUT2D eigenvalue weighted by Gasteiger charge is 1.83. The van der Waals surface area contributed by atoms with Crippen molar-refractivity contribution >= 4 is 11.6 Å². The molecule has 0 saturated carbocycles. The monoisotopic (exact) mass is 134 g/mol. The number of halogens is 2. The van der Waals surface area contributed by atoms with E-state index in [4.69, 9.17) is 11.6 Å². The molecule has 0 amide bonds. The van der Waals surface area contributed by atoms with E-state index in [1.54, 1.807) is 13.8 Å². The molecule has 8 heavy (non-hydrogen) atoms. The zero-order chi connectivity index (χ0) is 6.57. The van der Waals surface area contributed by atoms with Gasteiger partial charge in [-0.1, -0.05) is 17.7 Å². The Morgan fingerprint density at radius 3 is 2.25 bits per heavy atom. The maximum Gasteiger partial charge on any atom is 0.120 e. The molecule has 0 nitrogen and oxygen atoms in total.